The van der Waals surface area contributed by atoms with E-state index in [-0.39, 0.29) is 35.1 Å². The molecule has 2 amide bonds. The Kier molecular flexibility index (Phi) is 7.50. The van der Waals surface area contributed by atoms with Gasteiger partial charge in [-0.2, -0.15) is 0 Å². The number of thioether (sulfide) groups is 1. The fraction of sp³-hybridized carbons (Fsp3) is 0.667. The van der Waals surface area contributed by atoms with Crippen molar-refractivity contribution in [1.29, 1.82) is 0 Å². The zero-order chi connectivity index (χ0) is 14.3. The largest absolute Gasteiger partial charge is 0.300 e. The highest BCUT2D eigenvalue weighted by molar-refractivity contribution is 8.01. The van der Waals surface area contributed by atoms with Crippen molar-refractivity contribution in [2.45, 2.75) is 39.4 Å². The van der Waals surface area contributed by atoms with Crippen LogP contribution in [0, 0.1) is 0 Å². The standard InChI is InChI=1S/C9H13NO3S.C3H6O/c1-3-10-8(12)4-7(9(10)13)14-5-6(2)11;1-3(2)4/h7H,3-5H2,1-2H3;1-2H3. The normalized spacial score (nSPS) is 18.4. The maximum absolute atomic E-state index is 11.5. The molecule has 18 heavy (non-hydrogen) atoms. The molecule has 5 nitrogen and oxygen atoms in total. The van der Waals surface area contributed by atoms with Crippen molar-refractivity contribution in [2.75, 3.05) is 12.3 Å². The summed E-state index contributed by atoms with van der Waals surface area (Å²) in [6.45, 7) is 6.73. The van der Waals surface area contributed by atoms with Gasteiger partial charge in [0.25, 0.3) is 0 Å². The van der Waals surface area contributed by atoms with Crippen molar-refractivity contribution in [3.05, 3.63) is 0 Å². The van der Waals surface area contributed by atoms with E-state index in [1.54, 1.807) is 6.92 Å². The molecule has 102 valence electrons. The second-order valence-electron chi connectivity index (χ2n) is 4.09. The lowest BCUT2D eigenvalue weighted by Gasteiger charge is -2.10. The zero-order valence-electron chi connectivity index (χ0n) is 11.2. The van der Waals surface area contributed by atoms with Crippen LogP contribution >= 0.6 is 11.8 Å². The van der Waals surface area contributed by atoms with Crippen LogP contribution in [0.15, 0.2) is 0 Å². The number of imide groups is 1. The van der Waals surface area contributed by atoms with Crippen LogP contribution in [-0.4, -0.2) is 45.8 Å². The van der Waals surface area contributed by atoms with Crippen LogP contribution in [0.2, 0.25) is 0 Å². The number of Topliss-reactive ketones (excluding diaryl/α,β-unsaturated/α-hetero) is 2. The number of carbonyl (C=O) groups is 4. The first kappa shape index (κ1) is 16.8. The molecule has 1 aliphatic rings. The number of ketones is 2. The summed E-state index contributed by atoms with van der Waals surface area (Å²) in [5.74, 6) is 0.230. The van der Waals surface area contributed by atoms with E-state index in [9.17, 15) is 19.2 Å². The van der Waals surface area contributed by atoms with Crippen LogP contribution in [0.1, 0.15) is 34.1 Å². The van der Waals surface area contributed by atoms with Crippen molar-refractivity contribution in [2.24, 2.45) is 0 Å². The summed E-state index contributed by atoms with van der Waals surface area (Å²) in [4.78, 5) is 44.2. The fourth-order valence-electron chi connectivity index (χ4n) is 1.33. The maximum atomic E-state index is 11.5. The smallest absolute Gasteiger partial charge is 0.242 e. The van der Waals surface area contributed by atoms with Crippen molar-refractivity contribution >= 4 is 35.1 Å². The highest BCUT2D eigenvalue weighted by atomic mass is 32.2. The van der Waals surface area contributed by atoms with Crippen LogP contribution in [0.4, 0.5) is 0 Å². The molecule has 1 aliphatic heterocycles. The first-order valence-electron chi connectivity index (χ1n) is 5.72. The third-order valence-electron chi connectivity index (χ3n) is 2.01. The van der Waals surface area contributed by atoms with Crippen LogP contribution in [0.5, 0.6) is 0 Å². The third kappa shape index (κ3) is 5.95. The van der Waals surface area contributed by atoms with Gasteiger partial charge in [-0.3, -0.25) is 19.3 Å². The van der Waals surface area contributed by atoms with Gasteiger partial charge < -0.3 is 4.79 Å². The summed E-state index contributed by atoms with van der Waals surface area (Å²) in [5.41, 5.74) is 0. The molecule has 0 aromatic carbocycles. The Labute approximate surface area is 111 Å². The summed E-state index contributed by atoms with van der Waals surface area (Å²) in [5, 5.41) is -0.341. The van der Waals surface area contributed by atoms with E-state index in [4.69, 9.17) is 0 Å². The molecule has 1 rings (SSSR count). The highest BCUT2D eigenvalue weighted by Gasteiger charge is 2.37. The fourth-order valence-corrected chi connectivity index (χ4v) is 2.30. The Hall–Kier alpha value is -1.17. The maximum Gasteiger partial charge on any atom is 0.242 e. The van der Waals surface area contributed by atoms with Gasteiger partial charge >= 0.3 is 0 Å². The average Bonchev–Trinajstić information content (AvgIpc) is 2.49. The van der Waals surface area contributed by atoms with E-state index in [0.29, 0.717) is 12.3 Å². The minimum absolute atomic E-state index is 0.0326. The van der Waals surface area contributed by atoms with Crippen molar-refractivity contribution in [3.8, 4) is 0 Å². The van der Waals surface area contributed by atoms with Gasteiger partial charge in [-0.05, 0) is 27.7 Å². The zero-order valence-corrected chi connectivity index (χ0v) is 12.0. The molecule has 1 heterocycles. The monoisotopic (exact) mass is 273 g/mol. The lowest BCUT2D eigenvalue weighted by Crippen LogP contribution is -2.31. The molecule has 0 aromatic heterocycles. The van der Waals surface area contributed by atoms with Crippen molar-refractivity contribution < 1.29 is 19.2 Å². The van der Waals surface area contributed by atoms with Crippen molar-refractivity contribution in [1.82, 2.24) is 4.90 Å². The van der Waals surface area contributed by atoms with Crippen LogP contribution < -0.4 is 0 Å². The molecule has 0 bridgehead atoms. The van der Waals surface area contributed by atoms with E-state index >= 15 is 0 Å². The first-order chi connectivity index (χ1) is 8.29. The predicted molar refractivity (Wildman–Crippen MR) is 70.3 cm³/mol. The van der Waals surface area contributed by atoms with Gasteiger partial charge in [-0.25, -0.2) is 0 Å². The SMILES string of the molecule is CC(C)=O.CCN1C(=O)CC(SCC(C)=O)C1=O. The Balaban J connectivity index is 0.000000631. The quantitative estimate of drug-likeness (QED) is 0.716. The first-order valence-corrected chi connectivity index (χ1v) is 6.76. The average molecular weight is 273 g/mol. The molecule has 0 saturated carbocycles. The highest BCUT2D eigenvalue weighted by Crippen LogP contribution is 2.24. The van der Waals surface area contributed by atoms with Gasteiger partial charge in [0.05, 0.1) is 11.0 Å². The lowest BCUT2D eigenvalue weighted by atomic mass is 10.4. The number of hydrogen-bond acceptors (Lipinski definition) is 5. The summed E-state index contributed by atoms with van der Waals surface area (Å²) in [6.07, 6.45) is 0.241. The molecule has 1 unspecified atom stereocenters. The molecular weight excluding hydrogens is 254 g/mol. The molecule has 0 N–H and O–H groups in total. The third-order valence-corrected chi connectivity index (χ3v) is 3.35. The second-order valence-corrected chi connectivity index (χ2v) is 5.28. The number of hydrogen-bond donors (Lipinski definition) is 0. The van der Waals surface area contributed by atoms with Gasteiger partial charge in [0.2, 0.25) is 11.8 Å². The van der Waals surface area contributed by atoms with E-state index in [1.807, 2.05) is 0 Å². The second kappa shape index (κ2) is 8.02. The number of nitrogens with zero attached hydrogens (tertiary/aromatic N) is 1. The van der Waals surface area contributed by atoms with E-state index in [2.05, 4.69) is 0 Å². The number of amides is 2. The van der Waals surface area contributed by atoms with Crippen LogP contribution in [0.25, 0.3) is 0 Å². The molecule has 0 radical (unpaired) electrons. The minimum Gasteiger partial charge on any atom is -0.300 e. The van der Waals surface area contributed by atoms with Gasteiger partial charge in [-0.15, -0.1) is 11.8 Å². The summed E-state index contributed by atoms with van der Waals surface area (Å²) in [6, 6.07) is 0. The van der Waals surface area contributed by atoms with Gasteiger partial charge in [0.15, 0.2) is 0 Å². The Morgan fingerprint density at radius 1 is 1.28 bits per heavy atom. The molecule has 1 saturated heterocycles. The van der Waals surface area contributed by atoms with Gasteiger partial charge in [0, 0.05) is 13.0 Å². The molecular formula is C12H19NO4S. The molecule has 0 spiro atoms. The lowest BCUT2D eigenvalue weighted by molar-refractivity contribution is -0.138. The van der Waals surface area contributed by atoms with Gasteiger partial charge in [-0.1, -0.05) is 0 Å². The topological polar surface area (TPSA) is 71.5 Å². The minimum atomic E-state index is -0.341. The molecule has 1 fully saturated rings. The van der Waals surface area contributed by atoms with Gasteiger partial charge in [0.1, 0.15) is 11.6 Å². The number of rotatable bonds is 4. The summed E-state index contributed by atoms with van der Waals surface area (Å²) in [7, 11) is 0. The van der Waals surface area contributed by atoms with Crippen LogP contribution in [0.3, 0.4) is 0 Å². The Bertz CT molecular complexity index is 350. The Morgan fingerprint density at radius 2 is 1.78 bits per heavy atom. The van der Waals surface area contributed by atoms with E-state index in [1.165, 1.54) is 37.4 Å². The Morgan fingerprint density at radius 3 is 2.11 bits per heavy atom. The number of carbonyl (C=O) groups excluding carboxylic acids is 4. The van der Waals surface area contributed by atoms with E-state index in [0.717, 1.165) is 0 Å². The molecule has 0 aliphatic carbocycles. The summed E-state index contributed by atoms with van der Waals surface area (Å²) < 4.78 is 0. The van der Waals surface area contributed by atoms with E-state index < -0.39 is 0 Å². The van der Waals surface area contributed by atoms with Crippen LogP contribution in [-0.2, 0) is 19.2 Å². The molecule has 6 heteroatoms. The predicted octanol–water partition coefficient (Wildman–Crippen LogP) is 1.05. The molecule has 0 aromatic rings. The van der Waals surface area contributed by atoms with Crippen molar-refractivity contribution in [3.63, 3.8) is 0 Å². The number of likely N-dealkylation sites (tertiary alicyclic amines) is 1. The summed E-state index contributed by atoms with van der Waals surface area (Å²) >= 11 is 1.26. The molecule has 1 atom stereocenters.